The van der Waals surface area contributed by atoms with Gasteiger partial charge >= 0.3 is 0 Å². The average Bonchev–Trinajstić information content (AvgIpc) is 2.30. The van der Waals surface area contributed by atoms with Crippen molar-refractivity contribution in [2.75, 3.05) is 0 Å². The van der Waals surface area contributed by atoms with Gasteiger partial charge in [0, 0.05) is 0 Å². The van der Waals surface area contributed by atoms with Crippen molar-refractivity contribution >= 4 is 33.0 Å². The van der Waals surface area contributed by atoms with Gasteiger partial charge in [-0.15, -0.1) is 0 Å². The van der Waals surface area contributed by atoms with Crippen molar-refractivity contribution in [2.45, 2.75) is 82.2 Å². The summed E-state index contributed by atoms with van der Waals surface area (Å²) in [5.74, 6) is 0. The molecule has 0 fully saturated rings. The molecule has 0 amide bonds. The van der Waals surface area contributed by atoms with Crippen molar-refractivity contribution in [2.24, 2.45) is 0 Å². The van der Waals surface area contributed by atoms with E-state index in [0.717, 1.165) is 0 Å². The van der Waals surface area contributed by atoms with Crippen LogP contribution in [0.3, 0.4) is 0 Å². The third-order valence-electron chi connectivity index (χ3n) is 2.99. The van der Waals surface area contributed by atoms with E-state index in [0.29, 0.717) is 0 Å². The minimum absolute atomic E-state index is 0.454. The summed E-state index contributed by atoms with van der Waals surface area (Å²) in [5, 5.41) is -0.593. The van der Waals surface area contributed by atoms with Crippen molar-refractivity contribution in [1.29, 1.82) is 0 Å². The van der Waals surface area contributed by atoms with Crippen molar-refractivity contribution in [3.8, 4) is 0 Å². The van der Waals surface area contributed by atoms with Crippen LogP contribution in [0.4, 0.5) is 0 Å². The van der Waals surface area contributed by atoms with Gasteiger partial charge in [0.15, 0.2) is 14.8 Å². The normalized spacial score (nSPS) is 12.0. The molecule has 0 aromatic carbocycles. The fourth-order valence-electron chi connectivity index (χ4n) is 1.94. The molecule has 0 aromatic rings. The summed E-state index contributed by atoms with van der Waals surface area (Å²) in [6.07, 6.45) is 13.9. The Morgan fingerprint density at radius 3 is 1.76 bits per heavy atom. The first-order valence-corrected chi connectivity index (χ1v) is 9.62. The molecule has 0 rings (SSSR count). The zero-order valence-electron chi connectivity index (χ0n) is 11.2. The van der Waals surface area contributed by atoms with Crippen LogP contribution in [-0.2, 0) is 4.43 Å². The maximum absolute atomic E-state index is 5.49. The van der Waals surface area contributed by atoms with E-state index in [9.17, 15) is 0 Å². The second-order valence-corrected chi connectivity index (χ2v) is 7.13. The molecule has 4 heteroatoms. The zero-order valence-corrected chi connectivity index (χ0v) is 14.2. The fraction of sp³-hybridized carbons (Fsp3) is 1.00. The SMILES string of the molecule is CCCCCCCCCCCC[SiH2]OC(Cl)Cl. The Bertz CT molecular complexity index is 145. The molecule has 0 unspecified atom stereocenters. The summed E-state index contributed by atoms with van der Waals surface area (Å²) in [5.41, 5.74) is 0. The molecule has 0 aliphatic heterocycles. The van der Waals surface area contributed by atoms with Gasteiger partial charge in [-0.25, -0.2) is 0 Å². The van der Waals surface area contributed by atoms with Gasteiger partial charge in [0.25, 0.3) is 0 Å². The maximum Gasteiger partial charge on any atom is 0.197 e. The van der Waals surface area contributed by atoms with Crippen LogP contribution in [0.5, 0.6) is 0 Å². The lowest BCUT2D eigenvalue weighted by atomic mass is 10.1. The predicted molar refractivity (Wildman–Crippen MR) is 81.8 cm³/mol. The van der Waals surface area contributed by atoms with E-state index in [1.54, 1.807) is 0 Å². The van der Waals surface area contributed by atoms with Crippen LogP contribution >= 0.6 is 23.2 Å². The molecule has 0 spiro atoms. The minimum Gasteiger partial charge on any atom is -0.397 e. The van der Waals surface area contributed by atoms with Gasteiger partial charge in [-0.1, -0.05) is 94.3 Å². The lowest BCUT2D eigenvalue weighted by Crippen LogP contribution is -2.01. The van der Waals surface area contributed by atoms with Crippen LogP contribution in [0, 0.1) is 0 Å². The van der Waals surface area contributed by atoms with Gasteiger partial charge in [-0.2, -0.15) is 0 Å². The zero-order chi connectivity index (χ0) is 12.8. The highest BCUT2D eigenvalue weighted by atomic mass is 35.5. The highest BCUT2D eigenvalue weighted by Crippen LogP contribution is 2.11. The fourth-order valence-corrected chi connectivity index (χ4v) is 3.38. The van der Waals surface area contributed by atoms with E-state index in [-0.39, 0.29) is 0 Å². The van der Waals surface area contributed by atoms with E-state index >= 15 is 0 Å². The van der Waals surface area contributed by atoms with Crippen LogP contribution in [-0.4, -0.2) is 14.8 Å². The van der Waals surface area contributed by atoms with Gasteiger partial charge in [0.1, 0.15) is 0 Å². The molecule has 104 valence electrons. The molecule has 0 N–H and O–H groups in total. The van der Waals surface area contributed by atoms with Crippen LogP contribution < -0.4 is 0 Å². The monoisotopic (exact) mass is 298 g/mol. The number of hydrogen-bond acceptors (Lipinski definition) is 1. The van der Waals surface area contributed by atoms with E-state index < -0.39 is 14.8 Å². The number of rotatable bonds is 13. The Labute approximate surface area is 120 Å². The summed E-state index contributed by atoms with van der Waals surface area (Å²) in [6.45, 7) is 2.27. The van der Waals surface area contributed by atoms with E-state index in [1.807, 2.05) is 0 Å². The Balaban J connectivity index is 2.89. The third kappa shape index (κ3) is 16.8. The molecule has 0 atom stereocenters. The highest BCUT2D eigenvalue weighted by Gasteiger charge is 1.97. The lowest BCUT2D eigenvalue weighted by molar-refractivity contribution is 0.374. The number of unbranched alkanes of at least 4 members (excludes halogenated alkanes) is 9. The Kier molecular flexibility index (Phi) is 15.5. The van der Waals surface area contributed by atoms with Crippen molar-refractivity contribution < 1.29 is 4.43 Å². The molecular formula is C13H28Cl2OSi. The van der Waals surface area contributed by atoms with Crippen molar-refractivity contribution in [3.05, 3.63) is 0 Å². The topological polar surface area (TPSA) is 9.23 Å². The van der Waals surface area contributed by atoms with Gasteiger partial charge in [-0.05, 0) is 6.04 Å². The standard InChI is InChI=1S/C13H28Cl2OSi/c1-2-3-4-5-6-7-8-9-10-11-12-17-16-13(14)15/h13H,2-12,17H2,1H3. The first-order valence-electron chi connectivity index (χ1n) is 7.17. The van der Waals surface area contributed by atoms with Crippen LogP contribution in [0.25, 0.3) is 0 Å². The summed E-state index contributed by atoms with van der Waals surface area (Å²) in [6, 6.07) is 1.21. The van der Waals surface area contributed by atoms with Gasteiger partial charge in [0.2, 0.25) is 0 Å². The van der Waals surface area contributed by atoms with E-state index in [1.165, 1.54) is 70.3 Å². The molecule has 0 saturated heterocycles. The quantitative estimate of drug-likeness (QED) is 0.258. The van der Waals surface area contributed by atoms with E-state index in [4.69, 9.17) is 27.6 Å². The Morgan fingerprint density at radius 2 is 1.29 bits per heavy atom. The first kappa shape index (κ1) is 17.8. The second-order valence-electron chi connectivity index (χ2n) is 4.67. The summed E-state index contributed by atoms with van der Waals surface area (Å²) in [4.78, 5) is 0. The molecule has 17 heavy (non-hydrogen) atoms. The van der Waals surface area contributed by atoms with Gasteiger partial charge < -0.3 is 4.43 Å². The summed E-state index contributed by atoms with van der Waals surface area (Å²) < 4.78 is 5.19. The first-order chi connectivity index (χ1) is 8.27. The molecule has 1 nitrogen and oxygen atoms in total. The summed E-state index contributed by atoms with van der Waals surface area (Å²) >= 11 is 11.0. The Morgan fingerprint density at radius 1 is 0.824 bits per heavy atom. The third-order valence-corrected chi connectivity index (χ3v) is 5.02. The average molecular weight is 299 g/mol. The van der Waals surface area contributed by atoms with Crippen LogP contribution in [0.15, 0.2) is 0 Å². The maximum atomic E-state index is 5.49. The van der Waals surface area contributed by atoms with E-state index in [2.05, 4.69) is 6.92 Å². The highest BCUT2D eigenvalue weighted by molar-refractivity contribution is 6.45. The molecule has 0 aliphatic rings. The van der Waals surface area contributed by atoms with Crippen molar-refractivity contribution in [3.63, 3.8) is 0 Å². The van der Waals surface area contributed by atoms with Crippen LogP contribution in [0.1, 0.15) is 71.1 Å². The predicted octanol–water partition coefficient (Wildman–Crippen LogP) is 5.19. The molecule has 0 aromatic heterocycles. The smallest absolute Gasteiger partial charge is 0.197 e. The number of halogens is 2. The van der Waals surface area contributed by atoms with Gasteiger partial charge in [0.05, 0.1) is 0 Å². The lowest BCUT2D eigenvalue weighted by Gasteiger charge is -2.04. The molecular weight excluding hydrogens is 271 g/mol. The summed E-state index contributed by atoms with van der Waals surface area (Å²) in [7, 11) is -0.454. The van der Waals surface area contributed by atoms with Crippen LogP contribution in [0.2, 0.25) is 6.04 Å². The largest absolute Gasteiger partial charge is 0.397 e. The Hall–Kier alpha value is 0.757. The molecule has 0 radical (unpaired) electrons. The number of hydrogen-bond donors (Lipinski definition) is 0. The van der Waals surface area contributed by atoms with Crippen molar-refractivity contribution in [1.82, 2.24) is 0 Å². The minimum atomic E-state index is -0.593. The molecule has 0 heterocycles. The van der Waals surface area contributed by atoms with Gasteiger partial charge in [-0.3, -0.25) is 0 Å². The number of alkyl halides is 2. The molecule has 0 aliphatic carbocycles. The molecule has 0 bridgehead atoms. The second kappa shape index (κ2) is 14.8. The molecule has 0 saturated carbocycles.